The molecule has 0 saturated carbocycles. The lowest BCUT2D eigenvalue weighted by molar-refractivity contribution is -0.385. The molecule has 0 spiro atoms. The number of nitro groups is 1. The highest BCUT2D eigenvalue weighted by atomic mass is 79.9. The molecule has 1 aromatic carbocycles. The summed E-state index contributed by atoms with van der Waals surface area (Å²) in [5, 5.41) is 11.5. The molecule has 0 aliphatic carbocycles. The van der Waals surface area contributed by atoms with Crippen molar-refractivity contribution in [3.8, 4) is 0 Å². The highest BCUT2D eigenvalue weighted by molar-refractivity contribution is 9.10. The number of hydrogen-bond donors (Lipinski definition) is 0. The third kappa shape index (κ3) is 3.53. The minimum atomic E-state index is -0.459. The number of hydrogen-bond acceptors (Lipinski definition) is 5. The molecule has 126 valence electrons. The lowest BCUT2D eigenvalue weighted by Crippen LogP contribution is -2.45. The fraction of sp³-hybridized carbons (Fsp3) is 0.312. The van der Waals surface area contributed by atoms with Gasteiger partial charge >= 0.3 is 0 Å². The van der Waals surface area contributed by atoms with Gasteiger partial charge in [-0.1, -0.05) is 23.7 Å². The third-order valence-electron chi connectivity index (χ3n) is 3.94. The summed E-state index contributed by atoms with van der Waals surface area (Å²) < 4.78 is 6.53. The van der Waals surface area contributed by atoms with Gasteiger partial charge in [0.05, 0.1) is 28.6 Å². The van der Waals surface area contributed by atoms with Crippen molar-refractivity contribution < 1.29 is 9.66 Å². The summed E-state index contributed by atoms with van der Waals surface area (Å²) in [5.41, 5.74) is 0.954. The van der Waals surface area contributed by atoms with Crippen molar-refractivity contribution >= 4 is 39.0 Å². The maximum atomic E-state index is 10.9. The molecule has 2 unspecified atom stereocenters. The van der Waals surface area contributed by atoms with Crippen LogP contribution in [0, 0.1) is 10.1 Å². The van der Waals surface area contributed by atoms with E-state index in [1.807, 2.05) is 31.2 Å². The van der Waals surface area contributed by atoms with Crippen molar-refractivity contribution in [2.24, 2.45) is 0 Å². The summed E-state index contributed by atoms with van der Waals surface area (Å²) in [6.07, 6.45) is 1.14. The number of pyridine rings is 1. The van der Waals surface area contributed by atoms with E-state index < -0.39 is 4.92 Å². The molecule has 1 saturated heterocycles. The summed E-state index contributed by atoms with van der Waals surface area (Å²) >= 11 is 9.46. The molecule has 2 atom stereocenters. The third-order valence-corrected chi connectivity index (χ3v) is 4.76. The Kier molecular flexibility index (Phi) is 5.03. The average Bonchev–Trinajstić information content (AvgIpc) is 2.55. The van der Waals surface area contributed by atoms with Crippen LogP contribution in [0.1, 0.15) is 18.6 Å². The van der Waals surface area contributed by atoms with Crippen LogP contribution in [0.5, 0.6) is 0 Å². The Bertz CT molecular complexity index is 774. The lowest BCUT2D eigenvalue weighted by atomic mass is 10.1. The van der Waals surface area contributed by atoms with Gasteiger partial charge in [0.25, 0.3) is 5.69 Å². The average molecular weight is 413 g/mol. The van der Waals surface area contributed by atoms with Crippen LogP contribution in [-0.2, 0) is 4.74 Å². The number of aromatic nitrogens is 1. The fourth-order valence-corrected chi connectivity index (χ4v) is 3.46. The standard InChI is InChI=1S/C16H15BrClN3O3/c1-10-9-24-15(11-3-2-4-12(18)5-11)8-20(10)16-14(17)6-13(7-19-16)21(22)23/h2-7,10,15H,8-9H2,1H3. The Balaban J connectivity index is 1.88. The van der Waals surface area contributed by atoms with E-state index in [2.05, 4.69) is 25.8 Å². The number of benzene rings is 1. The molecule has 2 aromatic rings. The number of morpholine rings is 1. The van der Waals surface area contributed by atoms with Crippen molar-refractivity contribution in [3.63, 3.8) is 0 Å². The van der Waals surface area contributed by atoms with Gasteiger partial charge in [-0.3, -0.25) is 10.1 Å². The quantitative estimate of drug-likeness (QED) is 0.553. The van der Waals surface area contributed by atoms with Crippen molar-refractivity contribution in [3.05, 3.63) is 61.7 Å². The number of halogens is 2. The van der Waals surface area contributed by atoms with Crippen LogP contribution in [0.2, 0.25) is 5.02 Å². The second-order valence-electron chi connectivity index (χ2n) is 5.63. The molecule has 0 bridgehead atoms. The highest BCUT2D eigenvalue weighted by Gasteiger charge is 2.30. The molecule has 1 aromatic heterocycles. The maximum absolute atomic E-state index is 10.9. The van der Waals surface area contributed by atoms with Crippen LogP contribution < -0.4 is 4.90 Å². The Morgan fingerprint density at radius 3 is 2.92 bits per heavy atom. The second-order valence-corrected chi connectivity index (χ2v) is 6.93. The molecular formula is C16H15BrClN3O3. The van der Waals surface area contributed by atoms with E-state index in [0.717, 1.165) is 5.56 Å². The summed E-state index contributed by atoms with van der Waals surface area (Å²) in [7, 11) is 0. The zero-order valence-electron chi connectivity index (χ0n) is 12.9. The van der Waals surface area contributed by atoms with Crippen molar-refractivity contribution in [1.29, 1.82) is 0 Å². The Labute approximate surface area is 152 Å². The van der Waals surface area contributed by atoms with Gasteiger partial charge in [0, 0.05) is 11.1 Å². The molecule has 1 aliphatic heterocycles. The normalized spacial score (nSPS) is 20.9. The van der Waals surface area contributed by atoms with Crippen LogP contribution in [0.3, 0.4) is 0 Å². The summed E-state index contributed by atoms with van der Waals surface area (Å²) in [5.74, 6) is 0.670. The van der Waals surface area contributed by atoms with Gasteiger partial charge in [-0.25, -0.2) is 4.98 Å². The SMILES string of the molecule is CC1COC(c2cccc(Cl)c2)CN1c1ncc([N+](=O)[O-])cc1Br. The van der Waals surface area contributed by atoms with Crippen molar-refractivity contribution in [2.75, 3.05) is 18.1 Å². The molecule has 1 aliphatic rings. The molecule has 2 heterocycles. The Hall–Kier alpha value is -1.70. The molecule has 6 nitrogen and oxygen atoms in total. The number of anilines is 1. The van der Waals surface area contributed by atoms with E-state index in [4.69, 9.17) is 16.3 Å². The topological polar surface area (TPSA) is 68.5 Å². The van der Waals surface area contributed by atoms with Gasteiger partial charge in [0.1, 0.15) is 18.1 Å². The van der Waals surface area contributed by atoms with E-state index in [1.165, 1.54) is 12.3 Å². The number of ether oxygens (including phenoxy) is 1. The van der Waals surface area contributed by atoms with Crippen LogP contribution in [-0.4, -0.2) is 29.1 Å². The molecular weight excluding hydrogens is 398 g/mol. The second kappa shape index (κ2) is 7.04. The number of rotatable bonds is 3. The Morgan fingerprint density at radius 1 is 1.46 bits per heavy atom. The molecule has 0 amide bonds. The predicted octanol–water partition coefficient (Wildman–Crippen LogP) is 4.37. The summed E-state index contributed by atoms with van der Waals surface area (Å²) in [6.45, 7) is 3.15. The van der Waals surface area contributed by atoms with Crippen LogP contribution in [0.4, 0.5) is 11.5 Å². The van der Waals surface area contributed by atoms with Crippen LogP contribution in [0.25, 0.3) is 0 Å². The maximum Gasteiger partial charge on any atom is 0.288 e. The number of nitrogens with zero attached hydrogens (tertiary/aromatic N) is 3. The monoisotopic (exact) mass is 411 g/mol. The van der Waals surface area contributed by atoms with Gasteiger partial charge in [-0.15, -0.1) is 0 Å². The molecule has 0 N–H and O–H groups in total. The van der Waals surface area contributed by atoms with E-state index >= 15 is 0 Å². The van der Waals surface area contributed by atoms with Gasteiger partial charge in [-0.05, 0) is 40.5 Å². The van der Waals surface area contributed by atoms with Crippen LogP contribution >= 0.6 is 27.5 Å². The lowest BCUT2D eigenvalue weighted by Gasteiger charge is -2.39. The molecule has 24 heavy (non-hydrogen) atoms. The summed E-state index contributed by atoms with van der Waals surface area (Å²) in [6, 6.07) is 9.15. The van der Waals surface area contributed by atoms with E-state index in [-0.39, 0.29) is 17.8 Å². The van der Waals surface area contributed by atoms with E-state index in [1.54, 1.807) is 0 Å². The smallest absolute Gasteiger partial charge is 0.288 e. The van der Waals surface area contributed by atoms with Gasteiger partial charge in [0.15, 0.2) is 0 Å². The fourth-order valence-electron chi connectivity index (χ4n) is 2.69. The zero-order valence-corrected chi connectivity index (χ0v) is 15.2. The first kappa shape index (κ1) is 17.1. The Morgan fingerprint density at radius 2 is 2.25 bits per heavy atom. The molecule has 3 rings (SSSR count). The first-order chi connectivity index (χ1) is 11.5. The molecule has 1 fully saturated rings. The largest absolute Gasteiger partial charge is 0.370 e. The molecule has 8 heteroatoms. The first-order valence-electron chi connectivity index (χ1n) is 7.39. The van der Waals surface area contributed by atoms with E-state index in [0.29, 0.717) is 28.5 Å². The van der Waals surface area contributed by atoms with Crippen molar-refractivity contribution in [1.82, 2.24) is 4.98 Å². The summed E-state index contributed by atoms with van der Waals surface area (Å²) in [4.78, 5) is 16.8. The van der Waals surface area contributed by atoms with Crippen molar-refractivity contribution in [2.45, 2.75) is 19.1 Å². The predicted molar refractivity (Wildman–Crippen MR) is 95.5 cm³/mol. The molecule has 0 radical (unpaired) electrons. The van der Waals surface area contributed by atoms with Crippen LogP contribution in [0.15, 0.2) is 41.0 Å². The van der Waals surface area contributed by atoms with Gasteiger partial charge in [0.2, 0.25) is 0 Å². The zero-order chi connectivity index (χ0) is 17.3. The highest BCUT2D eigenvalue weighted by Crippen LogP contribution is 2.34. The minimum Gasteiger partial charge on any atom is -0.370 e. The van der Waals surface area contributed by atoms with E-state index in [9.17, 15) is 10.1 Å². The minimum absolute atomic E-state index is 0.0436. The van der Waals surface area contributed by atoms with Gasteiger partial charge < -0.3 is 9.64 Å². The first-order valence-corrected chi connectivity index (χ1v) is 8.56. The van der Waals surface area contributed by atoms with Gasteiger partial charge in [-0.2, -0.15) is 0 Å².